The summed E-state index contributed by atoms with van der Waals surface area (Å²) in [6, 6.07) is 3.43. The number of carbonyl (C=O) groups is 1. The van der Waals surface area contributed by atoms with Crippen LogP contribution in [0.3, 0.4) is 0 Å². The third-order valence-corrected chi connectivity index (χ3v) is 4.00. The first-order valence-electron chi connectivity index (χ1n) is 6.21. The zero-order valence-electron chi connectivity index (χ0n) is 10.9. The molecule has 0 spiro atoms. The summed E-state index contributed by atoms with van der Waals surface area (Å²) in [4.78, 5) is 13.0. The number of hydrogen-bond acceptors (Lipinski definition) is 3. The SMILES string of the molecule is C=C(c1ccc(Cl)c(CC(=O)O)c1Cl)N1CCOCC1. The summed E-state index contributed by atoms with van der Waals surface area (Å²) in [5.74, 6) is -0.970. The first-order valence-corrected chi connectivity index (χ1v) is 6.97. The van der Waals surface area contributed by atoms with Crippen molar-refractivity contribution in [2.24, 2.45) is 0 Å². The second-order valence-electron chi connectivity index (χ2n) is 4.50. The molecule has 0 amide bonds. The second kappa shape index (κ2) is 6.48. The zero-order chi connectivity index (χ0) is 14.7. The largest absolute Gasteiger partial charge is 0.481 e. The van der Waals surface area contributed by atoms with Gasteiger partial charge in [-0.15, -0.1) is 0 Å². The van der Waals surface area contributed by atoms with Gasteiger partial charge in [0.2, 0.25) is 0 Å². The van der Waals surface area contributed by atoms with Gasteiger partial charge >= 0.3 is 5.97 Å². The Labute approximate surface area is 127 Å². The van der Waals surface area contributed by atoms with E-state index in [4.69, 9.17) is 33.0 Å². The predicted octanol–water partition coefficient (Wildman–Crippen LogP) is 2.92. The Morgan fingerprint density at radius 1 is 1.35 bits per heavy atom. The number of ether oxygens (including phenoxy) is 1. The fraction of sp³-hybridized carbons (Fsp3) is 0.357. The summed E-state index contributed by atoms with van der Waals surface area (Å²) >= 11 is 12.3. The molecule has 4 nitrogen and oxygen atoms in total. The standard InChI is InChI=1S/C14H15Cl2NO3/c1-9(17-4-6-20-7-5-17)10-2-3-12(15)11(14(10)16)8-13(18)19/h2-3H,1,4-8H2,(H,18,19). The molecule has 0 bridgehead atoms. The lowest BCUT2D eigenvalue weighted by atomic mass is 10.0. The molecule has 1 heterocycles. The normalized spacial score (nSPS) is 15.2. The van der Waals surface area contributed by atoms with Gasteiger partial charge in [-0.25, -0.2) is 0 Å². The van der Waals surface area contributed by atoms with Gasteiger partial charge < -0.3 is 14.7 Å². The molecule has 0 unspecified atom stereocenters. The molecule has 1 N–H and O–H groups in total. The Balaban J connectivity index is 2.31. The highest BCUT2D eigenvalue weighted by molar-refractivity contribution is 6.37. The van der Waals surface area contributed by atoms with E-state index in [0.717, 1.165) is 18.8 Å². The monoisotopic (exact) mass is 315 g/mol. The van der Waals surface area contributed by atoms with Crippen molar-refractivity contribution in [3.8, 4) is 0 Å². The number of nitrogens with zero attached hydrogens (tertiary/aromatic N) is 1. The van der Waals surface area contributed by atoms with Gasteiger partial charge in [-0.05, 0) is 12.1 Å². The van der Waals surface area contributed by atoms with Gasteiger partial charge in [-0.1, -0.05) is 29.8 Å². The highest BCUT2D eigenvalue weighted by atomic mass is 35.5. The molecule has 1 fully saturated rings. The molecule has 1 aliphatic rings. The van der Waals surface area contributed by atoms with Crippen molar-refractivity contribution in [2.45, 2.75) is 6.42 Å². The smallest absolute Gasteiger partial charge is 0.307 e. The Morgan fingerprint density at radius 2 is 2.00 bits per heavy atom. The van der Waals surface area contributed by atoms with Gasteiger partial charge in [0.1, 0.15) is 0 Å². The summed E-state index contributed by atoms with van der Waals surface area (Å²) in [7, 11) is 0. The maximum absolute atomic E-state index is 10.9. The van der Waals surface area contributed by atoms with Crippen LogP contribution in [0, 0.1) is 0 Å². The van der Waals surface area contributed by atoms with E-state index in [0.29, 0.717) is 34.4 Å². The van der Waals surface area contributed by atoms with Gasteiger partial charge in [0.05, 0.1) is 24.7 Å². The van der Waals surface area contributed by atoms with Gasteiger partial charge in [0, 0.05) is 34.9 Å². The number of halogens is 2. The second-order valence-corrected chi connectivity index (χ2v) is 5.29. The van der Waals surface area contributed by atoms with Crippen LogP contribution in [0.4, 0.5) is 0 Å². The Bertz CT molecular complexity index is 539. The lowest BCUT2D eigenvalue weighted by Crippen LogP contribution is -2.34. The molecule has 0 atom stereocenters. The van der Waals surface area contributed by atoms with Crippen molar-refractivity contribution in [3.63, 3.8) is 0 Å². The number of carboxylic acids is 1. The zero-order valence-corrected chi connectivity index (χ0v) is 12.4. The molecule has 1 aromatic carbocycles. The average molecular weight is 316 g/mol. The third-order valence-electron chi connectivity index (χ3n) is 3.22. The molecule has 0 aromatic heterocycles. The predicted molar refractivity (Wildman–Crippen MR) is 79.2 cm³/mol. The molecule has 1 saturated heterocycles. The summed E-state index contributed by atoms with van der Waals surface area (Å²) < 4.78 is 5.30. The molecule has 0 radical (unpaired) electrons. The van der Waals surface area contributed by atoms with Crippen molar-refractivity contribution in [3.05, 3.63) is 39.9 Å². The highest BCUT2D eigenvalue weighted by Crippen LogP contribution is 2.33. The number of aliphatic carboxylic acids is 1. The Kier molecular flexibility index (Phi) is 4.91. The van der Waals surface area contributed by atoms with Crippen molar-refractivity contribution in [2.75, 3.05) is 26.3 Å². The summed E-state index contributed by atoms with van der Waals surface area (Å²) in [6.45, 7) is 6.83. The molecule has 20 heavy (non-hydrogen) atoms. The molecule has 1 aliphatic heterocycles. The maximum atomic E-state index is 10.9. The van der Waals surface area contributed by atoms with Crippen molar-refractivity contribution < 1.29 is 14.6 Å². The molecule has 2 rings (SSSR count). The van der Waals surface area contributed by atoms with Crippen LogP contribution in [0.2, 0.25) is 10.0 Å². The summed E-state index contributed by atoms with van der Waals surface area (Å²) in [5, 5.41) is 9.64. The minimum Gasteiger partial charge on any atom is -0.481 e. The van der Waals surface area contributed by atoms with Crippen LogP contribution in [-0.4, -0.2) is 42.3 Å². The van der Waals surface area contributed by atoms with E-state index in [1.165, 1.54) is 0 Å². The quantitative estimate of drug-likeness (QED) is 0.928. The van der Waals surface area contributed by atoms with Crippen LogP contribution in [0.25, 0.3) is 5.70 Å². The van der Waals surface area contributed by atoms with Crippen molar-refractivity contribution in [1.29, 1.82) is 0 Å². The lowest BCUT2D eigenvalue weighted by Gasteiger charge is -2.31. The van der Waals surface area contributed by atoms with E-state index < -0.39 is 5.97 Å². The van der Waals surface area contributed by atoms with Crippen LogP contribution in [0.5, 0.6) is 0 Å². The highest BCUT2D eigenvalue weighted by Gasteiger charge is 2.19. The molecule has 108 valence electrons. The van der Waals surface area contributed by atoms with Gasteiger partial charge in [0.25, 0.3) is 0 Å². The third kappa shape index (κ3) is 3.26. The van der Waals surface area contributed by atoms with E-state index in [9.17, 15) is 4.79 Å². The fourth-order valence-electron chi connectivity index (χ4n) is 2.14. The topological polar surface area (TPSA) is 49.8 Å². The fourth-order valence-corrected chi connectivity index (χ4v) is 2.75. The van der Waals surface area contributed by atoms with E-state index in [1.807, 2.05) is 0 Å². The number of carboxylic acid groups (broad SMARTS) is 1. The molecule has 0 aliphatic carbocycles. The summed E-state index contributed by atoms with van der Waals surface area (Å²) in [5.41, 5.74) is 1.91. The van der Waals surface area contributed by atoms with E-state index in [-0.39, 0.29) is 6.42 Å². The minimum atomic E-state index is -0.970. The van der Waals surface area contributed by atoms with Crippen LogP contribution in [0.15, 0.2) is 18.7 Å². The number of morpholine rings is 1. The van der Waals surface area contributed by atoms with E-state index >= 15 is 0 Å². The lowest BCUT2D eigenvalue weighted by molar-refractivity contribution is -0.136. The van der Waals surface area contributed by atoms with Gasteiger partial charge in [-0.3, -0.25) is 4.79 Å². The van der Waals surface area contributed by atoms with Crippen molar-refractivity contribution in [1.82, 2.24) is 4.90 Å². The first kappa shape index (κ1) is 15.2. The van der Waals surface area contributed by atoms with Crippen LogP contribution < -0.4 is 0 Å². The number of rotatable bonds is 4. The molecule has 6 heteroatoms. The molecular formula is C14H15Cl2NO3. The number of benzene rings is 1. The average Bonchev–Trinajstić information content (AvgIpc) is 2.43. The number of hydrogen-bond donors (Lipinski definition) is 1. The Morgan fingerprint density at radius 3 is 2.60 bits per heavy atom. The van der Waals surface area contributed by atoms with E-state index in [1.54, 1.807) is 12.1 Å². The maximum Gasteiger partial charge on any atom is 0.307 e. The van der Waals surface area contributed by atoms with Crippen LogP contribution >= 0.6 is 23.2 Å². The van der Waals surface area contributed by atoms with Crippen LogP contribution in [-0.2, 0) is 16.0 Å². The molecule has 0 saturated carbocycles. The van der Waals surface area contributed by atoms with Crippen LogP contribution in [0.1, 0.15) is 11.1 Å². The summed E-state index contributed by atoms with van der Waals surface area (Å²) in [6.07, 6.45) is -0.206. The minimum absolute atomic E-state index is 0.206. The van der Waals surface area contributed by atoms with Gasteiger partial charge in [0.15, 0.2) is 0 Å². The molecule has 1 aromatic rings. The first-order chi connectivity index (χ1) is 9.50. The van der Waals surface area contributed by atoms with Gasteiger partial charge in [-0.2, -0.15) is 0 Å². The van der Waals surface area contributed by atoms with Crippen molar-refractivity contribution >= 4 is 34.9 Å². The Hall–Kier alpha value is -1.23. The van der Waals surface area contributed by atoms with E-state index in [2.05, 4.69) is 11.5 Å². The molecular weight excluding hydrogens is 301 g/mol.